The molecule has 1 nitrogen and oxygen atoms in total. The van der Waals surface area contributed by atoms with Gasteiger partial charge in [-0.3, -0.25) is 0 Å². The van der Waals surface area contributed by atoms with E-state index in [9.17, 15) is 0 Å². The van der Waals surface area contributed by atoms with Crippen LogP contribution in [-0.4, -0.2) is 16.8 Å². The minimum absolute atomic E-state index is 0. The fourth-order valence-corrected chi connectivity index (χ4v) is 2.55. The van der Waals surface area contributed by atoms with Crippen molar-refractivity contribution in [1.82, 2.24) is 0 Å². The van der Waals surface area contributed by atoms with Gasteiger partial charge in [0.05, 0.1) is 5.41 Å². The smallest absolute Gasteiger partial charge is 0.209 e. The van der Waals surface area contributed by atoms with Gasteiger partial charge in [-0.05, 0) is 13.8 Å². The van der Waals surface area contributed by atoms with Gasteiger partial charge in [-0.2, -0.15) is 4.58 Å². The molecular weight excluding hydrogens is 274 g/mol. The molecule has 2 rings (SSSR count). The normalized spacial score (nSPS) is 17.1. The Hall–Kier alpha value is -0.630. The van der Waals surface area contributed by atoms with Crippen LogP contribution in [0.5, 0.6) is 0 Å². The van der Waals surface area contributed by atoms with Crippen LogP contribution in [0.15, 0.2) is 24.3 Å². The van der Waals surface area contributed by atoms with Crippen molar-refractivity contribution in [3.63, 3.8) is 0 Å². The fraction of sp³-hybridized carbons (Fsp3) is 0.533. The van der Waals surface area contributed by atoms with Crippen molar-refractivity contribution in [1.29, 1.82) is 0 Å². The summed E-state index contributed by atoms with van der Waals surface area (Å²) in [5.74, 6) is 0.692. The molecule has 0 aliphatic carbocycles. The minimum atomic E-state index is 0. The fourth-order valence-electron chi connectivity index (χ4n) is 2.55. The van der Waals surface area contributed by atoms with Crippen LogP contribution in [0.2, 0.25) is 0 Å². The predicted molar refractivity (Wildman–Crippen MR) is 69.8 cm³/mol. The number of hydrogen-bond acceptors (Lipinski definition) is 0. The molecule has 0 atom stereocenters. The van der Waals surface area contributed by atoms with Crippen molar-refractivity contribution in [3.05, 3.63) is 29.8 Å². The highest BCUT2D eigenvalue weighted by atomic mass is 79.9. The summed E-state index contributed by atoms with van der Waals surface area (Å²) in [6.07, 6.45) is 0. The third kappa shape index (κ3) is 2.33. The Kier molecular flexibility index (Phi) is 4.19. The first-order valence-corrected chi connectivity index (χ1v) is 6.15. The van der Waals surface area contributed by atoms with Gasteiger partial charge in [0, 0.05) is 24.5 Å². The van der Waals surface area contributed by atoms with Crippen LogP contribution in [0.3, 0.4) is 0 Å². The van der Waals surface area contributed by atoms with Crippen molar-refractivity contribution in [2.24, 2.45) is 5.92 Å². The molecule has 94 valence electrons. The second-order valence-corrected chi connectivity index (χ2v) is 5.73. The second-order valence-electron chi connectivity index (χ2n) is 5.73. The largest absolute Gasteiger partial charge is 1.00 e. The van der Waals surface area contributed by atoms with E-state index in [1.165, 1.54) is 17.0 Å². The molecule has 0 radical (unpaired) electrons. The summed E-state index contributed by atoms with van der Waals surface area (Å²) in [4.78, 5) is 0. The van der Waals surface area contributed by atoms with E-state index < -0.39 is 0 Å². The first-order valence-electron chi connectivity index (χ1n) is 6.15. The summed E-state index contributed by atoms with van der Waals surface area (Å²) in [5.41, 5.74) is 4.53. The molecule has 1 aromatic rings. The van der Waals surface area contributed by atoms with Crippen LogP contribution in [0.25, 0.3) is 0 Å². The van der Waals surface area contributed by atoms with Crippen molar-refractivity contribution < 1.29 is 21.6 Å². The lowest BCUT2D eigenvalue weighted by Crippen LogP contribution is -3.00. The predicted octanol–water partition coefficient (Wildman–Crippen LogP) is 0.743. The number of hydrogen-bond donors (Lipinski definition) is 0. The van der Waals surface area contributed by atoms with E-state index in [4.69, 9.17) is 0 Å². The Morgan fingerprint density at radius 3 is 2.35 bits per heavy atom. The van der Waals surface area contributed by atoms with Gasteiger partial charge in [0.15, 0.2) is 12.3 Å². The Labute approximate surface area is 115 Å². The number of para-hydroxylation sites is 1. The molecule has 1 aliphatic heterocycles. The zero-order valence-electron chi connectivity index (χ0n) is 11.4. The highest BCUT2D eigenvalue weighted by molar-refractivity contribution is 5.93. The first-order chi connectivity index (χ1) is 7.44. The van der Waals surface area contributed by atoms with Gasteiger partial charge < -0.3 is 17.0 Å². The van der Waals surface area contributed by atoms with Crippen molar-refractivity contribution >= 4 is 11.4 Å². The molecule has 1 heterocycles. The van der Waals surface area contributed by atoms with E-state index in [1.807, 2.05) is 0 Å². The van der Waals surface area contributed by atoms with E-state index in [2.05, 4.69) is 63.5 Å². The van der Waals surface area contributed by atoms with Crippen LogP contribution in [0.1, 0.15) is 40.2 Å². The average Bonchev–Trinajstić information content (AvgIpc) is 2.41. The van der Waals surface area contributed by atoms with Crippen LogP contribution in [0, 0.1) is 5.92 Å². The first kappa shape index (κ1) is 14.4. The molecule has 0 amide bonds. The van der Waals surface area contributed by atoms with E-state index in [0.717, 1.165) is 6.54 Å². The molecule has 0 N–H and O–H groups in total. The van der Waals surface area contributed by atoms with Gasteiger partial charge in [-0.1, -0.05) is 32.0 Å². The molecule has 0 fully saturated rings. The third-order valence-electron chi connectivity index (χ3n) is 3.73. The average molecular weight is 296 g/mol. The maximum absolute atomic E-state index is 2.49. The van der Waals surface area contributed by atoms with Gasteiger partial charge in [-0.15, -0.1) is 0 Å². The molecule has 0 saturated heterocycles. The zero-order valence-corrected chi connectivity index (χ0v) is 13.0. The molecule has 0 aromatic heterocycles. The highest BCUT2D eigenvalue weighted by Gasteiger charge is 2.42. The molecule has 0 spiro atoms. The summed E-state index contributed by atoms with van der Waals surface area (Å²) in [6, 6.07) is 8.79. The Morgan fingerprint density at radius 1 is 1.18 bits per heavy atom. The highest BCUT2D eigenvalue weighted by Crippen LogP contribution is 2.39. The van der Waals surface area contributed by atoms with Gasteiger partial charge >= 0.3 is 0 Å². The summed E-state index contributed by atoms with van der Waals surface area (Å²) in [6.45, 7) is 12.6. The van der Waals surface area contributed by atoms with Crippen molar-refractivity contribution in [2.45, 2.75) is 40.0 Å². The van der Waals surface area contributed by atoms with E-state index in [0.29, 0.717) is 5.92 Å². The second kappa shape index (κ2) is 4.93. The lowest BCUT2D eigenvalue weighted by Gasteiger charge is -2.14. The van der Waals surface area contributed by atoms with Gasteiger partial charge in [0.1, 0.15) is 0 Å². The topological polar surface area (TPSA) is 3.01 Å². The number of fused-ring (bicyclic) bond motifs is 1. The quantitative estimate of drug-likeness (QED) is 0.708. The van der Waals surface area contributed by atoms with Crippen LogP contribution in [0.4, 0.5) is 5.69 Å². The number of halogens is 1. The van der Waals surface area contributed by atoms with Gasteiger partial charge in [0.25, 0.3) is 0 Å². The maximum Gasteiger partial charge on any atom is 0.209 e. The summed E-state index contributed by atoms with van der Waals surface area (Å²) >= 11 is 0. The summed E-state index contributed by atoms with van der Waals surface area (Å²) in [5, 5.41) is 0. The molecule has 1 aromatic carbocycles. The molecule has 0 unspecified atom stereocenters. The van der Waals surface area contributed by atoms with Crippen LogP contribution < -0.4 is 17.0 Å². The van der Waals surface area contributed by atoms with E-state index in [-0.39, 0.29) is 22.4 Å². The molecule has 1 aliphatic rings. The maximum atomic E-state index is 2.49. The Morgan fingerprint density at radius 2 is 1.76 bits per heavy atom. The summed E-state index contributed by atoms with van der Waals surface area (Å²) < 4.78 is 2.49. The van der Waals surface area contributed by atoms with E-state index >= 15 is 0 Å². The summed E-state index contributed by atoms with van der Waals surface area (Å²) in [7, 11) is 0. The minimum Gasteiger partial charge on any atom is -1.00 e. The van der Waals surface area contributed by atoms with Gasteiger partial charge in [-0.25, -0.2) is 0 Å². The lowest BCUT2D eigenvalue weighted by molar-refractivity contribution is -0.446. The standard InChI is InChI=1S/C15H22N.BrH/c1-11(2)10-16-12(3)15(4,5)13-8-6-7-9-14(13)16;/h6-9,11H,10H2,1-5H3;1H/q+1;/p-1. The van der Waals surface area contributed by atoms with Crippen molar-refractivity contribution in [2.75, 3.05) is 6.54 Å². The SMILES string of the molecule is CC1=[N+](CC(C)C)c2ccccc2C1(C)C.[Br-]. The van der Waals surface area contributed by atoms with Crippen molar-refractivity contribution in [3.8, 4) is 0 Å². The molecule has 0 bridgehead atoms. The molecular formula is C15H22BrN. The van der Waals surface area contributed by atoms with Gasteiger partial charge in [0.2, 0.25) is 5.69 Å². The molecule has 2 heteroatoms. The number of rotatable bonds is 2. The third-order valence-corrected chi connectivity index (χ3v) is 3.73. The number of benzene rings is 1. The van der Waals surface area contributed by atoms with E-state index in [1.54, 1.807) is 0 Å². The molecule has 17 heavy (non-hydrogen) atoms. The zero-order chi connectivity index (χ0) is 11.9. The lowest BCUT2D eigenvalue weighted by atomic mass is 9.82. The Balaban J connectivity index is 0.00000144. The van der Waals surface area contributed by atoms with Crippen LogP contribution >= 0.6 is 0 Å². The molecule has 0 saturated carbocycles. The number of nitrogens with zero attached hydrogens (tertiary/aromatic N) is 1. The monoisotopic (exact) mass is 295 g/mol. The Bertz CT molecular complexity index is 444. The van der Waals surface area contributed by atoms with Crippen LogP contribution in [-0.2, 0) is 5.41 Å².